The number of nitrogens with zero attached hydrogens (tertiary/aromatic N) is 1. The van der Waals surface area contributed by atoms with Gasteiger partial charge in [0, 0.05) is 18.2 Å². The van der Waals surface area contributed by atoms with Crippen molar-refractivity contribution in [1.82, 2.24) is 9.55 Å². The fourth-order valence-corrected chi connectivity index (χ4v) is 5.68. The van der Waals surface area contributed by atoms with Crippen LogP contribution in [0.5, 0.6) is 0 Å². The van der Waals surface area contributed by atoms with Gasteiger partial charge in [0.2, 0.25) is 0 Å². The fourth-order valence-electron chi connectivity index (χ4n) is 3.51. The second kappa shape index (κ2) is 11.2. The van der Waals surface area contributed by atoms with Gasteiger partial charge in [-0.1, -0.05) is 0 Å². The number of nitrogens with two attached hydrogens (primary N) is 1. The SMILES string of the molecule is Cc1cn(C2C[C@H](O)[C@@H](COP(=O)(O)OP(=O)(O)OC3O[C@H](CO)[C@@H](O)[C@H](O)[C@H]3N)O2)c(=O)[nH]c1=O. The number of aryl methyl sites for hydroxylation is 1. The number of aliphatic hydroxyl groups excluding tert-OH is 4. The van der Waals surface area contributed by atoms with E-state index in [9.17, 15) is 43.8 Å². The molecule has 0 aliphatic carbocycles. The molecule has 9 N–H and O–H groups in total. The van der Waals surface area contributed by atoms with Gasteiger partial charge in [-0.05, 0) is 6.92 Å². The topological polar surface area (TPSA) is 283 Å². The third-order valence-electron chi connectivity index (χ3n) is 5.43. The van der Waals surface area contributed by atoms with E-state index < -0.39 is 89.2 Å². The minimum absolute atomic E-state index is 0.158. The van der Waals surface area contributed by atoms with Crippen molar-refractivity contribution in [2.45, 2.75) is 62.4 Å². The molecular formula is C16H27N3O15P2. The predicted molar refractivity (Wildman–Crippen MR) is 114 cm³/mol. The Morgan fingerprint density at radius 3 is 2.44 bits per heavy atom. The van der Waals surface area contributed by atoms with Crippen molar-refractivity contribution in [3.63, 3.8) is 0 Å². The molecule has 206 valence electrons. The Kier molecular flexibility index (Phi) is 9.08. The highest BCUT2D eigenvalue weighted by atomic mass is 31.3. The van der Waals surface area contributed by atoms with E-state index in [1.807, 2.05) is 0 Å². The molecule has 0 amide bonds. The first-order valence-electron chi connectivity index (χ1n) is 10.4. The average molecular weight is 563 g/mol. The van der Waals surface area contributed by atoms with Gasteiger partial charge in [0.25, 0.3) is 5.56 Å². The largest absolute Gasteiger partial charge is 0.483 e. The highest BCUT2D eigenvalue weighted by Crippen LogP contribution is 2.61. The molecule has 18 nitrogen and oxygen atoms in total. The zero-order chi connectivity index (χ0) is 27.0. The molecule has 4 unspecified atom stereocenters. The number of aromatic nitrogens is 2. The number of aliphatic hydroxyl groups is 4. The summed E-state index contributed by atoms with van der Waals surface area (Å²) in [6, 6.07) is -1.61. The number of hydrogen-bond acceptors (Lipinski definition) is 14. The van der Waals surface area contributed by atoms with E-state index >= 15 is 0 Å². The Bertz CT molecular complexity index is 1140. The first-order valence-corrected chi connectivity index (χ1v) is 13.4. The summed E-state index contributed by atoms with van der Waals surface area (Å²) in [6.07, 6.45) is -9.37. The summed E-state index contributed by atoms with van der Waals surface area (Å²) in [5, 5.41) is 38.9. The summed E-state index contributed by atoms with van der Waals surface area (Å²) in [7, 11) is -10.8. The summed E-state index contributed by atoms with van der Waals surface area (Å²) in [4.78, 5) is 45.3. The monoisotopic (exact) mass is 563 g/mol. The molecule has 3 heterocycles. The van der Waals surface area contributed by atoms with E-state index in [-0.39, 0.29) is 12.0 Å². The van der Waals surface area contributed by atoms with Crippen molar-refractivity contribution in [3.05, 3.63) is 32.6 Å². The summed E-state index contributed by atoms with van der Waals surface area (Å²) in [5.74, 6) is 0. The molecule has 0 aromatic carbocycles. The highest BCUT2D eigenvalue weighted by molar-refractivity contribution is 7.61. The zero-order valence-corrected chi connectivity index (χ0v) is 20.4. The average Bonchev–Trinajstić information content (AvgIpc) is 3.14. The lowest BCUT2D eigenvalue weighted by Gasteiger charge is -2.40. The normalized spacial score (nSPS) is 36.3. The minimum atomic E-state index is -5.46. The van der Waals surface area contributed by atoms with Crippen LogP contribution in [0.15, 0.2) is 15.8 Å². The zero-order valence-electron chi connectivity index (χ0n) is 18.6. The molecule has 0 bridgehead atoms. The Morgan fingerprint density at radius 1 is 1.14 bits per heavy atom. The van der Waals surface area contributed by atoms with Crippen molar-refractivity contribution in [3.8, 4) is 0 Å². The molecule has 1 aromatic heterocycles. The summed E-state index contributed by atoms with van der Waals surface area (Å²) in [6.45, 7) is -0.217. The van der Waals surface area contributed by atoms with Gasteiger partial charge in [-0.2, -0.15) is 4.31 Å². The number of H-pyrrole nitrogens is 1. The maximum atomic E-state index is 12.2. The lowest BCUT2D eigenvalue weighted by atomic mass is 9.98. The second-order valence-corrected chi connectivity index (χ2v) is 11.1. The van der Waals surface area contributed by atoms with Gasteiger partial charge in [0.1, 0.15) is 30.6 Å². The molecule has 3 rings (SSSR count). The summed E-state index contributed by atoms with van der Waals surface area (Å²) >= 11 is 0. The molecule has 2 aliphatic rings. The first kappa shape index (κ1) is 29.2. The van der Waals surface area contributed by atoms with Crippen molar-refractivity contribution >= 4 is 15.6 Å². The number of ether oxygens (including phenoxy) is 2. The van der Waals surface area contributed by atoms with Crippen molar-refractivity contribution in [2.75, 3.05) is 13.2 Å². The van der Waals surface area contributed by atoms with Gasteiger partial charge in [-0.25, -0.2) is 13.9 Å². The van der Waals surface area contributed by atoms with Crippen LogP contribution in [0.1, 0.15) is 18.2 Å². The van der Waals surface area contributed by atoms with Gasteiger partial charge in [0.15, 0.2) is 6.29 Å². The van der Waals surface area contributed by atoms with Crippen LogP contribution >= 0.6 is 15.6 Å². The van der Waals surface area contributed by atoms with Gasteiger partial charge in [-0.15, -0.1) is 0 Å². The van der Waals surface area contributed by atoms with Gasteiger partial charge < -0.3 is 45.4 Å². The summed E-state index contributed by atoms with van der Waals surface area (Å²) < 4.78 is 49.2. The molecular weight excluding hydrogens is 536 g/mol. The van der Waals surface area contributed by atoms with E-state index in [0.717, 1.165) is 4.57 Å². The number of phosphoric acid groups is 2. The number of aromatic amines is 1. The van der Waals surface area contributed by atoms with Crippen LogP contribution in [0.3, 0.4) is 0 Å². The third-order valence-corrected chi connectivity index (χ3v) is 8.03. The molecule has 0 radical (unpaired) electrons. The number of phosphoric ester groups is 2. The van der Waals surface area contributed by atoms with Crippen LogP contribution < -0.4 is 17.0 Å². The van der Waals surface area contributed by atoms with Crippen LogP contribution in [0.2, 0.25) is 0 Å². The molecule has 0 spiro atoms. The number of nitrogens with one attached hydrogen (secondary N) is 1. The van der Waals surface area contributed by atoms with E-state index in [2.05, 4.69) is 18.3 Å². The third kappa shape index (κ3) is 6.75. The Morgan fingerprint density at radius 2 is 1.81 bits per heavy atom. The van der Waals surface area contributed by atoms with Crippen LogP contribution in [-0.4, -0.2) is 95.8 Å². The second-order valence-electron chi connectivity index (χ2n) is 8.11. The maximum absolute atomic E-state index is 12.2. The maximum Gasteiger partial charge on any atom is 0.483 e. The first-order chi connectivity index (χ1) is 16.6. The molecule has 2 aliphatic heterocycles. The predicted octanol–water partition coefficient (Wildman–Crippen LogP) is -3.49. The Labute approximate surface area is 202 Å². The van der Waals surface area contributed by atoms with Gasteiger partial charge in [0.05, 0.1) is 25.4 Å². The van der Waals surface area contributed by atoms with Crippen LogP contribution in [0.4, 0.5) is 0 Å². The molecule has 10 atom stereocenters. The van der Waals surface area contributed by atoms with Gasteiger partial charge >= 0.3 is 21.3 Å². The summed E-state index contributed by atoms with van der Waals surface area (Å²) in [5.41, 5.74) is 4.33. The lowest BCUT2D eigenvalue weighted by Crippen LogP contribution is -2.62. The molecule has 2 saturated heterocycles. The van der Waals surface area contributed by atoms with E-state index in [4.69, 9.17) is 20.3 Å². The molecule has 36 heavy (non-hydrogen) atoms. The van der Waals surface area contributed by atoms with Crippen molar-refractivity contribution < 1.29 is 62.2 Å². The van der Waals surface area contributed by atoms with E-state index in [1.165, 1.54) is 13.1 Å². The lowest BCUT2D eigenvalue weighted by molar-refractivity contribution is -0.242. The van der Waals surface area contributed by atoms with E-state index in [0.29, 0.717) is 0 Å². The highest BCUT2D eigenvalue weighted by Gasteiger charge is 2.48. The quantitative estimate of drug-likeness (QED) is 0.135. The molecule has 2 fully saturated rings. The molecule has 0 saturated carbocycles. The van der Waals surface area contributed by atoms with Crippen molar-refractivity contribution in [2.24, 2.45) is 5.73 Å². The van der Waals surface area contributed by atoms with Crippen LogP contribution in [0, 0.1) is 6.92 Å². The van der Waals surface area contributed by atoms with Crippen molar-refractivity contribution in [1.29, 1.82) is 0 Å². The smallest absolute Gasteiger partial charge is 0.394 e. The minimum Gasteiger partial charge on any atom is -0.394 e. The Hall–Kier alpha value is -1.34. The molecule has 1 aromatic rings. The van der Waals surface area contributed by atoms with E-state index in [1.54, 1.807) is 0 Å². The van der Waals surface area contributed by atoms with Gasteiger partial charge in [-0.3, -0.25) is 23.4 Å². The standard InChI is InChI=1S/C16H27N3O15P2/c1-6-3-19(16(25)18-14(6)24)10-2-7(21)9(31-10)5-30-35(26,27)34-36(28,29)33-15-11(17)13(23)12(22)8(4-20)32-15/h3,7-13,15,20-23H,2,4-5,17H2,1H3,(H,26,27)(H,28,29)(H,18,24,25)/t7-,8+,9+,10?,11+,12+,13+,15?/m0/s1. The Balaban J connectivity index is 1.59. The number of hydrogen-bond donors (Lipinski definition) is 8. The van der Waals surface area contributed by atoms with Crippen LogP contribution in [-0.2, 0) is 32.0 Å². The fraction of sp³-hybridized carbons (Fsp3) is 0.750. The molecule has 20 heteroatoms. The van der Waals surface area contributed by atoms with Crippen LogP contribution in [0.25, 0.3) is 0 Å². The number of rotatable bonds is 9.